The Balaban J connectivity index is 1.75. The minimum atomic E-state index is -0.0280. The molecular weight excluding hydrogens is 288 g/mol. The molecule has 0 aliphatic rings. The lowest BCUT2D eigenvalue weighted by atomic mass is 10.3. The van der Waals surface area contributed by atoms with E-state index in [-0.39, 0.29) is 5.91 Å². The van der Waals surface area contributed by atoms with Crippen LogP contribution >= 0.6 is 11.6 Å². The molecule has 1 aromatic carbocycles. The van der Waals surface area contributed by atoms with E-state index in [1.54, 1.807) is 12.1 Å². The lowest BCUT2D eigenvalue weighted by Crippen LogP contribution is -2.23. The molecule has 2 rings (SSSR count). The molecule has 0 aliphatic heterocycles. The fraction of sp³-hybridized carbons (Fsp3) is 0.312. The van der Waals surface area contributed by atoms with Gasteiger partial charge < -0.3 is 9.73 Å². The predicted molar refractivity (Wildman–Crippen MR) is 84.5 cm³/mol. The SMILES string of the molecule is Cc1ccc(CN(C)CCC(=O)Nc2cccc(Cl)c2)o1. The van der Waals surface area contributed by atoms with Gasteiger partial charge >= 0.3 is 0 Å². The first-order chi connectivity index (χ1) is 10.0. The molecule has 0 saturated carbocycles. The number of nitrogens with one attached hydrogen (secondary N) is 1. The van der Waals surface area contributed by atoms with E-state index in [1.807, 2.05) is 38.2 Å². The minimum Gasteiger partial charge on any atom is -0.465 e. The van der Waals surface area contributed by atoms with Crippen molar-refractivity contribution in [2.24, 2.45) is 0 Å². The summed E-state index contributed by atoms with van der Waals surface area (Å²) in [4.78, 5) is 13.9. The summed E-state index contributed by atoms with van der Waals surface area (Å²) in [5.41, 5.74) is 0.719. The van der Waals surface area contributed by atoms with Gasteiger partial charge in [-0.2, -0.15) is 0 Å². The first-order valence-corrected chi connectivity index (χ1v) is 7.20. The number of furan rings is 1. The molecule has 112 valence electrons. The van der Waals surface area contributed by atoms with Crippen molar-refractivity contribution in [3.8, 4) is 0 Å². The molecule has 0 aliphatic carbocycles. The Morgan fingerprint density at radius 3 is 2.81 bits per heavy atom. The van der Waals surface area contributed by atoms with Crippen molar-refractivity contribution in [2.45, 2.75) is 19.9 Å². The maximum absolute atomic E-state index is 11.9. The highest BCUT2D eigenvalue weighted by molar-refractivity contribution is 6.30. The van der Waals surface area contributed by atoms with Gasteiger partial charge in [0.25, 0.3) is 0 Å². The third kappa shape index (κ3) is 5.25. The van der Waals surface area contributed by atoms with Crippen LogP contribution in [0.3, 0.4) is 0 Å². The summed E-state index contributed by atoms with van der Waals surface area (Å²) in [6, 6.07) is 11.0. The number of nitrogens with zero attached hydrogens (tertiary/aromatic N) is 1. The summed E-state index contributed by atoms with van der Waals surface area (Å²) in [7, 11) is 1.96. The van der Waals surface area contributed by atoms with Gasteiger partial charge in [-0.25, -0.2) is 0 Å². The van der Waals surface area contributed by atoms with Crippen molar-refractivity contribution in [3.63, 3.8) is 0 Å². The lowest BCUT2D eigenvalue weighted by Gasteiger charge is -2.14. The first-order valence-electron chi connectivity index (χ1n) is 6.82. The van der Waals surface area contributed by atoms with Gasteiger partial charge in [-0.15, -0.1) is 0 Å². The van der Waals surface area contributed by atoms with Crippen LogP contribution in [-0.4, -0.2) is 24.4 Å². The number of carbonyl (C=O) groups excluding carboxylic acids is 1. The van der Waals surface area contributed by atoms with Crippen molar-refractivity contribution < 1.29 is 9.21 Å². The highest BCUT2D eigenvalue weighted by atomic mass is 35.5. The molecule has 1 N–H and O–H groups in total. The molecule has 1 aromatic heterocycles. The maximum Gasteiger partial charge on any atom is 0.225 e. The topological polar surface area (TPSA) is 45.5 Å². The average molecular weight is 307 g/mol. The van der Waals surface area contributed by atoms with Crippen LogP contribution in [0.2, 0.25) is 5.02 Å². The van der Waals surface area contributed by atoms with E-state index in [4.69, 9.17) is 16.0 Å². The minimum absolute atomic E-state index is 0.0280. The van der Waals surface area contributed by atoms with Gasteiger partial charge in [0.05, 0.1) is 6.54 Å². The van der Waals surface area contributed by atoms with Gasteiger partial charge in [-0.3, -0.25) is 9.69 Å². The van der Waals surface area contributed by atoms with Gasteiger partial charge in [0.15, 0.2) is 0 Å². The third-order valence-corrected chi connectivity index (χ3v) is 3.29. The first kappa shape index (κ1) is 15.6. The molecule has 5 heteroatoms. The van der Waals surface area contributed by atoms with Crippen LogP contribution in [0.1, 0.15) is 17.9 Å². The number of hydrogen-bond acceptors (Lipinski definition) is 3. The van der Waals surface area contributed by atoms with Crippen LogP contribution in [-0.2, 0) is 11.3 Å². The molecule has 0 spiro atoms. The van der Waals surface area contributed by atoms with Gasteiger partial charge in [-0.05, 0) is 44.3 Å². The van der Waals surface area contributed by atoms with E-state index in [0.29, 0.717) is 24.5 Å². The van der Waals surface area contributed by atoms with E-state index < -0.39 is 0 Å². The molecule has 4 nitrogen and oxygen atoms in total. The summed E-state index contributed by atoms with van der Waals surface area (Å²) in [5, 5.41) is 3.44. The van der Waals surface area contributed by atoms with E-state index in [2.05, 4.69) is 10.2 Å². The molecule has 0 saturated heterocycles. The Morgan fingerprint density at radius 1 is 1.33 bits per heavy atom. The van der Waals surface area contributed by atoms with Crippen molar-refractivity contribution in [3.05, 3.63) is 52.9 Å². The second kappa shape index (κ2) is 7.29. The van der Waals surface area contributed by atoms with Gasteiger partial charge in [0.2, 0.25) is 5.91 Å². The van der Waals surface area contributed by atoms with Gasteiger partial charge in [-0.1, -0.05) is 17.7 Å². The van der Waals surface area contributed by atoms with Crippen LogP contribution in [0.25, 0.3) is 0 Å². The van der Waals surface area contributed by atoms with Crippen LogP contribution < -0.4 is 5.32 Å². The van der Waals surface area contributed by atoms with Crippen molar-refractivity contribution in [2.75, 3.05) is 18.9 Å². The van der Waals surface area contributed by atoms with E-state index in [9.17, 15) is 4.79 Å². The Hall–Kier alpha value is -1.78. The number of anilines is 1. The van der Waals surface area contributed by atoms with Crippen LogP contribution in [0.15, 0.2) is 40.8 Å². The molecule has 0 bridgehead atoms. The Morgan fingerprint density at radius 2 is 2.14 bits per heavy atom. The summed E-state index contributed by atoms with van der Waals surface area (Å²) < 4.78 is 5.51. The molecule has 0 fully saturated rings. The fourth-order valence-electron chi connectivity index (χ4n) is 2.00. The second-order valence-corrected chi connectivity index (χ2v) is 5.50. The van der Waals surface area contributed by atoms with E-state index in [1.165, 1.54) is 0 Å². The zero-order valence-electron chi connectivity index (χ0n) is 12.2. The second-order valence-electron chi connectivity index (χ2n) is 5.06. The average Bonchev–Trinajstić information content (AvgIpc) is 2.82. The Bertz CT molecular complexity index is 610. The smallest absolute Gasteiger partial charge is 0.225 e. The highest BCUT2D eigenvalue weighted by Gasteiger charge is 2.07. The Labute approximate surface area is 129 Å². The molecule has 0 atom stereocenters. The maximum atomic E-state index is 11.9. The van der Waals surface area contributed by atoms with Crippen LogP contribution in [0.4, 0.5) is 5.69 Å². The Kier molecular flexibility index (Phi) is 5.42. The molecular formula is C16H19ClN2O2. The number of hydrogen-bond donors (Lipinski definition) is 1. The predicted octanol–water partition coefficient (Wildman–Crippen LogP) is 3.70. The number of aryl methyl sites for hydroxylation is 1. The summed E-state index contributed by atoms with van der Waals surface area (Å²) in [6.45, 7) is 3.27. The number of amides is 1. The van der Waals surface area contributed by atoms with E-state index >= 15 is 0 Å². The zero-order valence-corrected chi connectivity index (χ0v) is 13.0. The number of benzene rings is 1. The summed E-state index contributed by atoms with van der Waals surface area (Å²) >= 11 is 5.88. The number of carbonyl (C=O) groups is 1. The number of halogens is 1. The van der Waals surface area contributed by atoms with E-state index in [0.717, 1.165) is 17.2 Å². The van der Waals surface area contributed by atoms with Crippen molar-refractivity contribution in [1.29, 1.82) is 0 Å². The largest absolute Gasteiger partial charge is 0.465 e. The van der Waals surface area contributed by atoms with Crippen LogP contribution in [0, 0.1) is 6.92 Å². The zero-order chi connectivity index (χ0) is 15.2. The molecule has 21 heavy (non-hydrogen) atoms. The lowest BCUT2D eigenvalue weighted by molar-refractivity contribution is -0.116. The molecule has 0 radical (unpaired) electrons. The normalized spacial score (nSPS) is 10.9. The van der Waals surface area contributed by atoms with Crippen LogP contribution in [0.5, 0.6) is 0 Å². The highest BCUT2D eigenvalue weighted by Crippen LogP contribution is 2.15. The summed E-state index contributed by atoms with van der Waals surface area (Å²) in [6.07, 6.45) is 0.419. The quantitative estimate of drug-likeness (QED) is 0.885. The van der Waals surface area contributed by atoms with Crippen molar-refractivity contribution >= 4 is 23.2 Å². The number of rotatable bonds is 6. The third-order valence-electron chi connectivity index (χ3n) is 3.05. The summed E-state index contributed by atoms with van der Waals surface area (Å²) in [5.74, 6) is 1.78. The van der Waals surface area contributed by atoms with Gasteiger partial charge in [0.1, 0.15) is 11.5 Å². The molecule has 1 heterocycles. The standard InChI is InChI=1S/C16H19ClN2O2/c1-12-6-7-15(21-12)11-19(2)9-8-16(20)18-14-5-3-4-13(17)10-14/h3-7,10H,8-9,11H2,1-2H3,(H,18,20). The fourth-order valence-corrected chi connectivity index (χ4v) is 2.19. The monoisotopic (exact) mass is 306 g/mol. The molecule has 0 unspecified atom stereocenters. The van der Waals surface area contributed by atoms with Gasteiger partial charge in [0, 0.05) is 23.7 Å². The molecule has 1 amide bonds. The van der Waals surface area contributed by atoms with Crippen molar-refractivity contribution in [1.82, 2.24) is 4.90 Å². The molecule has 2 aromatic rings.